The Morgan fingerprint density at radius 1 is 0.455 bits per heavy atom. The minimum Gasteiger partial charge on any atom is -0.435 e. The Balaban J connectivity index is 1.08. The van der Waals surface area contributed by atoms with Crippen molar-refractivity contribution in [1.29, 1.82) is 5.26 Å². The molecule has 0 saturated heterocycles. The van der Waals surface area contributed by atoms with Crippen LogP contribution in [0.4, 0.5) is 0 Å². The van der Waals surface area contributed by atoms with Gasteiger partial charge in [-0.3, -0.25) is 0 Å². The fraction of sp³-hybridized carbons (Fsp3) is 0. The van der Waals surface area contributed by atoms with E-state index in [0.29, 0.717) is 17.3 Å². The van der Waals surface area contributed by atoms with Crippen molar-refractivity contribution in [2.75, 3.05) is 0 Å². The van der Waals surface area contributed by atoms with Crippen molar-refractivity contribution < 1.29 is 8.83 Å². The van der Waals surface area contributed by atoms with Gasteiger partial charge >= 0.3 is 0 Å². The monoisotopic (exact) mass is 702 g/mol. The number of fused-ring (bicyclic) bond motifs is 13. The molecule has 3 heterocycles. The van der Waals surface area contributed by atoms with E-state index in [0.717, 1.165) is 104 Å². The van der Waals surface area contributed by atoms with E-state index in [2.05, 4.69) is 132 Å². The quantitative estimate of drug-likeness (QED) is 0.171. The van der Waals surface area contributed by atoms with Crippen LogP contribution in [0.25, 0.3) is 116 Å². The Kier molecular flexibility index (Phi) is 6.03. The summed E-state index contributed by atoms with van der Waals surface area (Å²) in [5, 5.41) is 20.5. The summed E-state index contributed by atoms with van der Waals surface area (Å²) in [5.41, 5.74) is 8.55. The molecule has 12 rings (SSSR count). The van der Waals surface area contributed by atoms with Gasteiger partial charge in [-0.1, -0.05) is 84.9 Å². The number of nitriles is 1. The minimum absolute atomic E-state index is 0.561. The summed E-state index contributed by atoms with van der Waals surface area (Å²) < 4.78 is 15.6. The number of nitrogens with zero attached hydrogens (tertiary/aromatic N) is 4. The summed E-state index contributed by atoms with van der Waals surface area (Å²) in [5.74, 6) is 1.12. The predicted octanol–water partition coefficient (Wildman–Crippen LogP) is 12.9. The third-order valence-corrected chi connectivity index (χ3v) is 11.0. The SMILES string of the molecule is N#Cc1ccc(-n2c3ccc(-c4nc5ccc6ccc7ccccc7c6c5o4)cc3c3cc(-c4nc5ccc6ccc7ccccc7c6c5o4)ccc32)cc1. The lowest BCUT2D eigenvalue weighted by molar-refractivity contribution is 0.623. The van der Waals surface area contributed by atoms with E-state index >= 15 is 0 Å². The number of hydrogen-bond acceptors (Lipinski definition) is 5. The predicted molar refractivity (Wildman–Crippen MR) is 222 cm³/mol. The Bertz CT molecular complexity index is 3410. The van der Waals surface area contributed by atoms with Crippen LogP contribution < -0.4 is 0 Å². The van der Waals surface area contributed by atoms with Crippen LogP contribution in [0.2, 0.25) is 0 Å². The average molecular weight is 703 g/mol. The normalized spacial score (nSPS) is 12.0. The van der Waals surface area contributed by atoms with E-state index in [1.807, 2.05) is 36.4 Å². The first-order valence-electron chi connectivity index (χ1n) is 18.2. The number of rotatable bonds is 3. The summed E-state index contributed by atoms with van der Waals surface area (Å²) in [6, 6.07) is 56.3. The van der Waals surface area contributed by atoms with Gasteiger partial charge in [0.15, 0.2) is 11.2 Å². The van der Waals surface area contributed by atoms with Gasteiger partial charge in [0, 0.05) is 38.4 Å². The van der Waals surface area contributed by atoms with Crippen LogP contribution in [0.5, 0.6) is 0 Å². The molecular formula is C49H26N4O2. The lowest BCUT2D eigenvalue weighted by atomic mass is 10.0. The summed E-state index contributed by atoms with van der Waals surface area (Å²) in [7, 11) is 0. The fourth-order valence-corrected chi connectivity index (χ4v) is 8.45. The molecular weight excluding hydrogens is 677 g/mol. The highest BCUT2D eigenvalue weighted by Gasteiger charge is 2.20. The van der Waals surface area contributed by atoms with Gasteiger partial charge in [-0.05, 0) is 105 Å². The van der Waals surface area contributed by atoms with E-state index in [-0.39, 0.29) is 0 Å². The highest BCUT2D eigenvalue weighted by molar-refractivity contribution is 6.19. The standard InChI is InChI=1S/C49H26N4O2/c50-27-28-9-19-35(20-10-28)53-42-23-17-33(48-51-40-21-15-31-13-11-29-5-1-3-7-36(29)44(31)46(40)54-48)25-38(42)39-26-34(18-24-43(39)53)49-52-41-22-16-32-14-12-30-6-2-4-8-37(30)45(32)47(41)55-49/h1-26H. The maximum atomic E-state index is 9.52. The van der Waals surface area contributed by atoms with Crippen molar-refractivity contribution >= 4 is 87.1 Å². The van der Waals surface area contributed by atoms with Crippen molar-refractivity contribution in [3.8, 4) is 34.7 Å². The summed E-state index contributed by atoms with van der Waals surface area (Å²) in [4.78, 5) is 10.0. The van der Waals surface area contributed by atoms with Gasteiger partial charge in [0.2, 0.25) is 11.8 Å². The molecule has 0 saturated carbocycles. The first-order chi connectivity index (χ1) is 27.2. The molecule has 9 aromatic carbocycles. The molecule has 0 radical (unpaired) electrons. The van der Waals surface area contributed by atoms with Crippen molar-refractivity contribution in [1.82, 2.24) is 14.5 Å². The number of oxazole rings is 2. The lowest BCUT2D eigenvalue weighted by Crippen LogP contribution is -1.94. The maximum absolute atomic E-state index is 9.52. The van der Waals surface area contributed by atoms with Crippen LogP contribution in [-0.2, 0) is 0 Å². The minimum atomic E-state index is 0.561. The van der Waals surface area contributed by atoms with E-state index in [9.17, 15) is 5.26 Å². The van der Waals surface area contributed by atoms with Crippen molar-refractivity contribution in [2.24, 2.45) is 0 Å². The highest BCUT2D eigenvalue weighted by Crippen LogP contribution is 2.40. The maximum Gasteiger partial charge on any atom is 0.227 e. The molecule has 0 N–H and O–H groups in total. The Hall–Kier alpha value is -7.75. The van der Waals surface area contributed by atoms with Gasteiger partial charge in [-0.25, -0.2) is 9.97 Å². The van der Waals surface area contributed by atoms with Crippen LogP contribution >= 0.6 is 0 Å². The van der Waals surface area contributed by atoms with Crippen LogP contribution in [0.15, 0.2) is 167 Å². The molecule has 3 aromatic heterocycles. The van der Waals surface area contributed by atoms with Crippen molar-refractivity contribution in [3.05, 3.63) is 163 Å². The molecule has 55 heavy (non-hydrogen) atoms. The zero-order valence-electron chi connectivity index (χ0n) is 29.1. The van der Waals surface area contributed by atoms with Gasteiger partial charge in [-0.2, -0.15) is 5.26 Å². The Labute approximate surface area is 312 Å². The molecule has 0 fully saturated rings. The van der Waals surface area contributed by atoms with Crippen LogP contribution in [-0.4, -0.2) is 14.5 Å². The number of aromatic nitrogens is 3. The smallest absolute Gasteiger partial charge is 0.227 e. The first kappa shape index (κ1) is 29.8. The van der Waals surface area contributed by atoms with Crippen LogP contribution in [0.3, 0.4) is 0 Å². The third kappa shape index (κ3) is 4.35. The van der Waals surface area contributed by atoms with E-state index in [1.165, 1.54) is 0 Å². The molecule has 12 aromatic rings. The van der Waals surface area contributed by atoms with Gasteiger partial charge in [-0.15, -0.1) is 0 Å². The first-order valence-corrected chi connectivity index (χ1v) is 18.2. The fourth-order valence-electron chi connectivity index (χ4n) is 8.45. The van der Waals surface area contributed by atoms with Gasteiger partial charge < -0.3 is 13.4 Å². The topological polar surface area (TPSA) is 80.8 Å². The van der Waals surface area contributed by atoms with Gasteiger partial charge in [0.1, 0.15) is 11.0 Å². The molecule has 0 bridgehead atoms. The summed E-state index contributed by atoms with van der Waals surface area (Å²) in [6.45, 7) is 0. The van der Waals surface area contributed by atoms with E-state index in [4.69, 9.17) is 18.8 Å². The summed E-state index contributed by atoms with van der Waals surface area (Å²) in [6.07, 6.45) is 0. The molecule has 0 aliphatic carbocycles. The molecule has 0 aliphatic heterocycles. The van der Waals surface area contributed by atoms with E-state index < -0.39 is 0 Å². The van der Waals surface area contributed by atoms with Gasteiger partial charge in [0.05, 0.1) is 22.7 Å². The van der Waals surface area contributed by atoms with Gasteiger partial charge in [0.25, 0.3) is 0 Å². The molecule has 0 spiro atoms. The number of benzene rings is 9. The second-order valence-electron chi connectivity index (χ2n) is 14.1. The van der Waals surface area contributed by atoms with E-state index in [1.54, 1.807) is 0 Å². The Morgan fingerprint density at radius 2 is 0.927 bits per heavy atom. The molecule has 6 nitrogen and oxygen atoms in total. The lowest BCUT2D eigenvalue weighted by Gasteiger charge is -2.08. The van der Waals surface area contributed by atoms with Crippen LogP contribution in [0.1, 0.15) is 5.56 Å². The largest absolute Gasteiger partial charge is 0.435 e. The summed E-state index contributed by atoms with van der Waals surface area (Å²) >= 11 is 0. The number of hydrogen-bond donors (Lipinski definition) is 0. The zero-order chi connectivity index (χ0) is 36.2. The third-order valence-electron chi connectivity index (χ3n) is 11.0. The molecule has 0 unspecified atom stereocenters. The van der Waals surface area contributed by atoms with Crippen LogP contribution in [0, 0.1) is 11.3 Å². The molecule has 0 aliphatic rings. The zero-order valence-corrected chi connectivity index (χ0v) is 29.1. The second-order valence-corrected chi connectivity index (χ2v) is 14.1. The highest BCUT2D eigenvalue weighted by atomic mass is 16.4. The van der Waals surface area contributed by atoms with Crippen molar-refractivity contribution in [3.63, 3.8) is 0 Å². The van der Waals surface area contributed by atoms with Crippen molar-refractivity contribution in [2.45, 2.75) is 0 Å². The molecule has 6 heteroatoms. The molecule has 0 amide bonds. The average Bonchev–Trinajstić information content (AvgIpc) is 3.97. The molecule has 254 valence electrons. The second kappa shape index (κ2) is 11.1. The Morgan fingerprint density at radius 3 is 1.44 bits per heavy atom. The molecule has 0 atom stereocenters.